The highest BCUT2D eigenvalue weighted by atomic mass is 32.2. The molecule has 1 aliphatic rings. The first-order valence-corrected chi connectivity index (χ1v) is 7.55. The summed E-state index contributed by atoms with van der Waals surface area (Å²) >= 11 is 0. The van der Waals surface area contributed by atoms with Gasteiger partial charge in [-0.2, -0.15) is 0 Å². The smallest absolute Gasteiger partial charge is 0.240 e. The third kappa shape index (κ3) is 3.76. The molecule has 7 heteroatoms. The van der Waals surface area contributed by atoms with E-state index in [1.54, 1.807) is 19.1 Å². The van der Waals surface area contributed by atoms with E-state index in [0.29, 0.717) is 5.69 Å². The second kappa shape index (κ2) is 5.28. The Kier molecular flexibility index (Phi) is 3.88. The van der Waals surface area contributed by atoms with Crippen molar-refractivity contribution in [3.8, 4) is 0 Å². The van der Waals surface area contributed by atoms with Crippen molar-refractivity contribution in [2.45, 2.75) is 36.7 Å². The molecule has 1 aromatic rings. The summed E-state index contributed by atoms with van der Waals surface area (Å²) in [5, 5.41) is 2.59. The molecule has 0 aliphatic heterocycles. The third-order valence-electron chi connectivity index (χ3n) is 2.74. The number of hydrogen-bond acceptors (Lipinski definition) is 4. The average molecular weight is 283 g/mol. The van der Waals surface area contributed by atoms with E-state index < -0.39 is 16.1 Å². The molecule has 4 N–H and O–H groups in total. The number of amides is 1. The Morgan fingerprint density at radius 1 is 1.32 bits per heavy atom. The number of hydrogen-bond donors (Lipinski definition) is 3. The summed E-state index contributed by atoms with van der Waals surface area (Å²) < 4.78 is 26.4. The van der Waals surface area contributed by atoms with E-state index in [1.165, 1.54) is 12.1 Å². The molecule has 0 unspecified atom stereocenters. The molecule has 0 aromatic heterocycles. The monoisotopic (exact) mass is 283 g/mol. The van der Waals surface area contributed by atoms with Crippen molar-refractivity contribution in [3.05, 3.63) is 24.3 Å². The lowest BCUT2D eigenvalue weighted by atomic mass is 10.3. The molecule has 0 spiro atoms. The molecule has 1 aliphatic carbocycles. The fourth-order valence-corrected chi connectivity index (χ4v) is 2.77. The predicted molar refractivity (Wildman–Crippen MR) is 72.1 cm³/mol. The number of anilines is 1. The highest BCUT2D eigenvalue weighted by Crippen LogP contribution is 2.22. The van der Waals surface area contributed by atoms with Crippen molar-refractivity contribution >= 4 is 21.6 Å². The minimum atomic E-state index is -3.45. The normalized spacial score (nSPS) is 16.9. The summed E-state index contributed by atoms with van der Waals surface area (Å²) in [6, 6.07) is 5.47. The fourth-order valence-electron chi connectivity index (χ4n) is 1.46. The van der Waals surface area contributed by atoms with Gasteiger partial charge < -0.3 is 11.1 Å². The second-order valence-corrected chi connectivity index (χ2v) is 6.41. The zero-order chi connectivity index (χ0) is 14.0. The minimum Gasteiger partial charge on any atom is -0.325 e. The number of nitrogens with two attached hydrogens (primary N) is 1. The van der Waals surface area contributed by atoms with Crippen LogP contribution in [-0.2, 0) is 14.8 Å². The third-order valence-corrected chi connectivity index (χ3v) is 4.28. The zero-order valence-electron chi connectivity index (χ0n) is 10.6. The lowest BCUT2D eigenvalue weighted by Crippen LogP contribution is -2.32. The Hall–Kier alpha value is -1.44. The average Bonchev–Trinajstić information content (AvgIpc) is 3.12. The van der Waals surface area contributed by atoms with E-state index in [1.807, 2.05) is 0 Å². The summed E-state index contributed by atoms with van der Waals surface area (Å²) in [7, 11) is -3.45. The van der Waals surface area contributed by atoms with Gasteiger partial charge in [-0.1, -0.05) is 0 Å². The van der Waals surface area contributed by atoms with Gasteiger partial charge in [0.25, 0.3) is 0 Å². The van der Waals surface area contributed by atoms with Crippen LogP contribution in [0.2, 0.25) is 0 Å². The molecule has 1 fully saturated rings. The number of nitrogens with one attached hydrogen (secondary N) is 2. The van der Waals surface area contributed by atoms with E-state index >= 15 is 0 Å². The highest BCUT2D eigenvalue weighted by molar-refractivity contribution is 7.89. The lowest BCUT2D eigenvalue weighted by molar-refractivity contribution is -0.117. The first kappa shape index (κ1) is 14.0. The zero-order valence-corrected chi connectivity index (χ0v) is 11.4. The Morgan fingerprint density at radius 3 is 2.37 bits per heavy atom. The summed E-state index contributed by atoms with van der Waals surface area (Å²) in [5.41, 5.74) is 5.95. The van der Waals surface area contributed by atoms with Gasteiger partial charge in [-0.3, -0.25) is 4.79 Å². The molecule has 1 saturated carbocycles. The van der Waals surface area contributed by atoms with Crippen molar-refractivity contribution in [2.75, 3.05) is 5.32 Å². The van der Waals surface area contributed by atoms with Gasteiger partial charge in [0.2, 0.25) is 15.9 Å². The number of sulfonamides is 1. The molecule has 1 amide bonds. The summed E-state index contributed by atoms with van der Waals surface area (Å²) in [6.07, 6.45) is 1.78. The molecule has 1 atom stereocenters. The fraction of sp³-hybridized carbons (Fsp3) is 0.417. The first-order valence-electron chi connectivity index (χ1n) is 6.07. The van der Waals surface area contributed by atoms with Crippen LogP contribution < -0.4 is 15.8 Å². The van der Waals surface area contributed by atoms with E-state index in [-0.39, 0.29) is 16.8 Å². The SMILES string of the molecule is C[C@H](N)C(=O)Nc1ccc(S(=O)(=O)NC2CC2)cc1. The molecule has 6 nitrogen and oxygen atoms in total. The Bertz CT molecular complexity index is 562. The van der Waals surface area contributed by atoms with Crippen molar-refractivity contribution in [1.29, 1.82) is 0 Å². The molecule has 0 saturated heterocycles. The maximum atomic E-state index is 11.9. The summed E-state index contributed by atoms with van der Waals surface area (Å²) in [5.74, 6) is -0.313. The van der Waals surface area contributed by atoms with Gasteiger partial charge in [0.1, 0.15) is 0 Å². The first-order chi connectivity index (χ1) is 8.88. The molecule has 104 valence electrons. The van der Waals surface area contributed by atoms with Crippen LogP contribution in [0, 0.1) is 0 Å². The number of carbonyl (C=O) groups is 1. The standard InChI is InChI=1S/C12H17N3O3S/c1-8(13)12(16)14-9-4-6-11(7-5-9)19(17,18)15-10-2-3-10/h4-8,10,15H,2-3,13H2,1H3,(H,14,16)/t8-/m0/s1. The van der Waals surface area contributed by atoms with Crippen LogP contribution in [0.3, 0.4) is 0 Å². The van der Waals surface area contributed by atoms with E-state index in [2.05, 4.69) is 10.0 Å². The second-order valence-electron chi connectivity index (χ2n) is 4.70. The molecule has 1 aromatic carbocycles. The van der Waals surface area contributed by atoms with Gasteiger partial charge in [0.05, 0.1) is 10.9 Å². The molecular weight excluding hydrogens is 266 g/mol. The topological polar surface area (TPSA) is 101 Å². The lowest BCUT2D eigenvalue weighted by Gasteiger charge is -2.09. The van der Waals surface area contributed by atoms with Crippen LogP contribution in [0.1, 0.15) is 19.8 Å². The molecule has 2 rings (SSSR count). The van der Waals surface area contributed by atoms with E-state index in [4.69, 9.17) is 5.73 Å². The number of carbonyl (C=O) groups excluding carboxylic acids is 1. The molecule has 0 heterocycles. The van der Waals surface area contributed by atoms with Crippen LogP contribution >= 0.6 is 0 Å². The van der Waals surface area contributed by atoms with E-state index in [9.17, 15) is 13.2 Å². The largest absolute Gasteiger partial charge is 0.325 e. The van der Waals surface area contributed by atoms with Crippen LogP contribution in [0.15, 0.2) is 29.2 Å². The Labute approximate surface area is 112 Å². The van der Waals surface area contributed by atoms with E-state index in [0.717, 1.165) is 12.8 Å². The van der Waals surface area contributed by atoms with Gasteiger partial charge in [0, 0.05) is 11.7 Å². The predicted octanol–water partition coefficient (Wildman–Crippen LogP) is 0.413. The van der Waals surface area contributed by atoms with Crippen molar-refractivity contribution in [3.63, 3.8) is 0 Å². The number of rotatable bonds is 5. The van der Waals surface area contributed by atoms with Gasteiger partial charge in [-0.15, -0.1) is 0 Å². The van der Waals surface area contributed by atoms with Crippen molar-refractivity contribution in [2.24, 2.45) is 5.73 Å². The summed E-state index contributed by atoms with van der Waals surface area (Å²) in [4.78, 5) is 11.6. The molecule has 19 heavy (non-hydrogen) atoms. The van der Waals surface area contributed by atoms with Crippen LogP contribution in [0.5, 0.6) is 0 Å². The van der Waals surface area contributed by atoms with Crippen LogP contribution in [0.25, 0.3) is 0 Å². The quantitative estimate of drug-likeness (QED) is 0.728. The highest BCUT2D eigenvalue weighted by Gasteiger charge is 2.27. The maximum absolute atomic E-state index is 11.9. The molecular formula is C12H17N3O3S. The molecule has 0 radical (unpaired) electrons. The summed E-state index contributed by atoms with van der Waals surface area (Å²) in [6.45, 7) is 1.58. The minimum absolute atomic E-state index is 0.0717. The van der Waals surface area contributed by atoms with Gasteiger partial charge >= 0.3 is 0 Å². The Morgan fingerprint density at radius 2 is 1.89 bits per heavy atom. The maximum Gasteiger partial charge on any atom is 0.240 e. The van der Waals surface area contributed by atoms with Crippen LogP contribution in [-0.4, -0.2) is 26.4 Å². The van der Waals surface area contributed by atoms with Crippen LogP contribution in [0.4, 0.5) is 5.69 Å². The molecule has 0 bridgehead atoms. The van der Waals surface area contributed by atoms with Gasteiger partial charge in [-0.25, -0.2) is 13.1 Å². The van der Waals surface area contributed by atoms with Gasteiger partial charge in [0.15, 0.2) is 0 Å². The Balaban J connectivity index is 2.07. The van der Waals surface area contributed by atoms with Crippen molar-refractivity contribution in [1.82, 2.24) is 4.72 Å². The van der Waals surface area contributed by atoms with Crippen molar-refractivity contribution < 1.29 is 13.2 Å². The van der Waals surface area contributed by atoms with Gasteiger partial charge in [-0.05, 0) is 44.0 Å². The number of benzene rings is 1.